The van der Waals surface area contributed by atoms with Crippen LogP contribution in [0.1, 0.15) is 45.8 Å². The molecule has 0 radical (unpaired) electrons. The molecule has 1 N–H and O–H groups in total. The number of aryl methyl sites for hydroxylation is 2. The van der Waals surface area contributed by atoms with Crippen LogP contribution < -0.4 is 5.56 Å². The van der Waals surface area contributed by atoms with Crippen LogP contribution in [-0.4, -0.2) is 15.5 Å². The van der Waals surface area contributed by atoms with Crippen molar-refractivity contribution in [1.29, 1.82) is 0 Å². The summed E-state index contributed by atoms with van der Waals surface area (Å²) >= 11 is 0. The second kappa shape index (κ2) is 3.95. The highest BCUT2D eigenvalue weighted by Gasteiger charge is 2.28. The van der Waals surface area contributed by atoms with Gasteiger partial charge in [-0.2, -0.15) is 0 Å². The van der Waals surface area contributed by atoms with Crippen LogP contribution in [0.4, 0.5) is 0 Å². The van der Waals surface area contributed by atoms with Crippen molar-refractivity contribution < 1.29 is 9.90 Å². The van der Waals surface area contributed by atoms with E-state index < -0.39 is 11.5 Å². The molecule has 1 aliphatic carbocycles. The smallest absolute Gasteiger partial charge is 0.341 e. The van der Waals surface area contributed by atoms with Crippen molar-refractivity contribution in [2.75, 3.05) is 0 Å². The highest BCUT2D eigenvalue weighted by molar-refractivity contribution is 5.88. The van der Waals surface area contributed by atoms with E-state index in [4.69, 9.17) is 0 Å². The molecule has 1 aliphatic rings. The minimum Gasteiger partial charge on any atom is -0.477 e. The molecule has 0 saturated heterocycles. The van der Waals surface area contributed by atoms with Crippen molar-refractivity contribution in [3.63, 3.8) is 0 Å². The second-order valence-electron chi connectivity index (χ2n) is 5.32. The summed E-state index contributed by atoms with van der Waals surface area (Å²) < 4.78 is 1.50. The maximum Gasteiger partial charge on any atom is 0.341 e. The Labute approximate surface area is 110 Å². The lowest BCUT2D eigenvalue weighted by Crippen LogP contribution is -2.23. The van der Waals surface area contributed by atoms with Crippen LogP contribution in [0.5, 0.6) is 0 Å². The van der Waals surface area contributed by atoms with E-state index in [1.54, 1.807) is 12.3 Å². The third kappa shape index (κ3) is 1.84. The number of hydrogen-bond donors (Lipinski definition) is 1. The third-order valence-corrected chi connectivity index (χ3v) is 3.66. The van der Waals surface area contributed by atoms with Gasteiger partial charge in [0.05, 0.1) is 5.52 Å². The Hall–Kier alpha value is -2.10. The molecule has 4 heteroatoms. The monoisotopic (exact) mass is 257 g/mol. The Morgan fingerprint density at radius 1 is 1.32 bits per heavy atom. The van der Waals surface area contributed by atoms with Crippen molar-refractivity contribution in [3.05, 3.63) is 50.9 Å². The SMILES string of the molecule is Cc1cc(C)c2c(C3CC3)cc(C(=O)O)c(=O)n2c1. The first kappa shape index (κ1) is 12.0. The van der Waals surface area contributed by atoms with Crippen molar-refractivity contribution in [2.24, 2.45) is 0 Å². The van der Waals surface area contributed by atoms with Crippen LogP contribution in [0.25, 0.3) is 5.52 Å². The van der Waals surface area contributed by atoms with Gasteiger partial charge in [0.15, 0.2) is 0 Å². The minimum atomic E-state index is -1.15. The number of carboxylic acids is 1. The summed E-state index contributed by atoms with van der Waals surface area (Å²) in [7, 11) is 0. The number of aromatic carboxylic acids is 1. The van der Waals surface area contributed by atoms with Gasteiger partial charge < -0.3 is 5.11 Å². The van der Waals surface area contributed by atoms with E-state index in [1.807, 2.05) is 19.9 Å². The van der Waals surface area contributed by atoms with E-state index in [0.29, 0.717) is 5.92 Å². The zero-order valence-electron chi connectivity index (χ0n) is 10.9. The third-order valence-electron chi connectivity index (χ3n) is 3.66. The zero-order chi connectivity index (χ0) is 13.7. The predicted molar refractivity (Wildman–Crippen MR) is 72.1 cm³/mol. The van der Waals surface area contributed by atoms with E-state index in [0.717, 1.165) is 35.0 Å². The van der Waals surface area contributed by atoms with Crippen LogP contribution >= 0.6 is 0 Å². The molecule has 4 nitrogen and oxygen atoms in total. The highest BCUT2D eigenvalue weighted by atomic mass is 16.4. The van der Waals surface area contributed by atoms with Gasteiger partial charge in [0.25, 0.3) is 5.56 Å². The summed E-state index contributed by atoms with van der Waals surface area (Å²) in [5, 5.41) is 9.18. The molecule has 1 saturated carbocycles. The predicted octanol–water partition coefficient (Wildman–Crippen LogP) is 2.49. The maximum absolute atomic E-state index is 12.3. The van der Waals surface area contributed by atoms with Gasteiger partial charge in [-0.25, -0.2) is 4.79 Å². The van der Waals surface area contributed by atoms with Crippen molar-refractivity contribution in [3.8, 4) is 0 Å². The van der Waals surface area contributed by atoms with Crippen LogP contribution in [0, 0.1) is 13.8 Å². The fourth-order valence-electron chi connectivity index (χ4n) is 2.71. The quantitative estimate of drug-likeness (QED) is 0.899. The molecule has 2 aromatic heterocycles. The molecule has 0 aliphatic heterocycles. The molecular weight excluding hydrogens is 242 g/mol. The van der Waals surface area contributed by atoms with Crippen LogP contribution in [0.15, 0.2) is 23.1 Å². The number of aromatic nitrogens is 1. The molecule has 98 valence electrons. The fourth-order valence-corrected chi connectivity index (χ4v) is 2.71. The van der Waals surface area contributed by atoms with E-state index >= 15 is 0 Å². The summed E-state index contributed by atoms with van der Waals surface area (Å²) in [5.74, 6) is -0.754. The summed E-state index contributed by atoms with van der Waals surface area (Å²) in [6.07, 6.45) is 3.86. The molecule has 2 aromatic rings. The minimum absolute atomic E-state index is 0.135. The Kier molecular flexibility index (Phi) is 2.49. The summed E-state index contributed by atoms with van der Waals surface area (Å²) in [5.41, 5.74) is 3.27. The van der Waals surface area contributed by atoms with Gasteiger partial charge in [0, 0.05) is 6.20 Å². The fraction of sp³-hybridized carbons (Fsp3) is 0.333. The molecule has 0 atom stereocenters. The first-order valence-corrected chi connectivity index (χ1v) is 6.39. The highest BCUT2D eigenvalue weighted by Crippen LogP contribution is 2.42. The lowest BCUT2D eigenvalue weighted by atomic mass is 10.0. The lowest BCUT2D eigenvalue weighted by Gasteiger charge is -2.12. The van der Waals surface area contributed by atoms with Gasteiger partial charge >= 0.3 is 5.97 Å². The van der Waals surface area contributed by atoms with Gasteiger partial charge in [-0.05, 0) is 55.4 Å². The van der Waals surface area contributed by atoms with Crippen LogP contribution in [-0.2, 0) is 0 Å². The zero-order valence-corrected chi connectivity index (χ0v) is 10.9. The van der Waals surface area contributed by atoms with Crippen LogP contribution in [0.2, 0.25) is 0 Å². The first-order valence-electron chi connectivity index (χ1n) is 6.39. The molecule has 1 fully saturated rings. The van der Waals surface area contributed by atoms with Gasteiger partial charge in [-0.3, -0.25) is 9.20 Å². The Balaban J connectivity index is 2.49. The first-order chi connectivity index (χ1) is 8.99. The van der Waals surface area contributed by atoms with E-state index in [1.165, 1.54) is 4.40 Å². The van der Waals surface area contributed by atoms with Gasteiger partial charge in [0.1, 0.15) is 5.56 Å². The molecule has 3 rings (SSSR count). The number of rotatable bonds is 2. The van der Waals surface area contributed by atoms with E-state index in [2.05, 4.69) is 0 Å². The molecule has 0 aromatic carbocycles. The van der Waals surface area contributed by atoms with Crippen molar-refractivity contribution in [2.45, 2.75) is 32.6 Å². The van der Waals surface area contributed by atoms with Crippen molar-refractivity contribution in [1.82, 2.24) is 4.40 Å². The van der Waals surface area contributed by atoms with Crippen molar-refractivity contribution >= 4 is 11.5 Å². The Bertz CT molecular complexity index is 754. The second-order valence-corrected chi connectivity index (χ2v) is 5.32. The molecule has 0 amide bonds. The van der Waals surface area contributed by atoms with Crippen LogP contribution in [0.3, 0.4) is 0 Å². The number of nitrogens with zero attached hydrogens (tertiary/aromatic N) is 1. The number of pyridine rings is 2. The normalized spacial score (nSPS) is 14.8. The standard InChI is InChI=1S/C15H15NO3/c1-8-5-9(2)13-11(10-3-4-10)6-12(15(18)19)14(17)16(13)7-8/h5-7,10H,3-4H2,1-2H3,(H,18,19). The summed E-state index contributed by atoms with van der Waals surface area (Å²) in [6.45, 7) is 3.87. The number of carbonyl (C=O) groups is 1. The average Bonchev–Trinajstić information content (AvgIpc) is 3.13. The van der Waals surface area contributed by atoms with Gasteiger partial charge in [0.2, 0.25) is 0 Å². The molecule has 0 spiro atoms. The molecule has 2 heterocycles. The Morgan fingerprint density at radius 2 is 2.00 bits per heavy atom. The van der Waals surface area contributed by atoms with Gasteiger partial charge in [-0.15, -0.1) is 0 Å². The maximum atomic E-state index is 12.3. The Morgan fingerprint density at radius 3 is 2.58 bits per heavy atom. The average molecular weight is 257 g/mol. The number of carboxylic acid groups (broad SMARTS) is 1. The van der Waals surface area contributed by atoms with Gasteiger partial charge in [-0.1, -0.05) is 6.07 Å². The van der Waals surface area contributed by atoms with E-state index in [9.17, 15) is 14.7 Å². The summed E-state index contributed by atoms with van der Waals surface area (Å²) in [4.78, 5) is 23.5. The number of fused-ring (bicyclic) bond motifs is 1. The molecule has 0 bridgehead atoms. The summed E-state index contributed by atoms with van der Waals surface area (Å²) in [6, 6.07) is 3.60. The largest absolute Gasteiger partial charge is 0.477 e. The molecule has 0 unspecified atom stereocenters. The number of hydrogen-bond acceptors (Lipinski definition) is 2. The topological polar surface area (TPSA) is 58.8 Å². The lowest BCUT2D eigenvalue weighted by molar-refractivity contribution is 0.0694. The van der Waals surface area contributed by atoms with E-state index in [-0.39, 0.29) is 5.56 Å². The molecular formula is C15H15NO3. The molecule has 19 heavy (non-hydrogen) atoms.